The van der Waals surface area contributed by atoms with Crippen molar-refractivity contribution < 1.29 is 9.59 Å². The fourth-order valence-corrected chi connectivity index (χ4v) is 4.95. The average Bonchev–Trinajstić information content (AvgIpc) is 3.49. The summed E-state index contributed by atoms with van der Waals surface area (Å²) >= 11 is 1.51. The second kappa shape index (κ2) is 6.27. The van der Waals surface area contributed by atoms with Gasteiger partial charge in [-0.3, -0.25) is 19.3 Å². The standard InChI is InChI=1S/C20H19N5O2S/c1-23-16(4-8-22-23)19(27)24-9-6-20(12-24)13-25(15-3-2-7-21-17(15)20)18(26)14-5-10-28-11-14/h2-5,7-8,10-11H,6,9,12-13H2,1H3/t20-/m0/s1. The number of anilines is 1. The molecule has 5 heterocycles. The van der Waals surface area contributed by atoms with E-state index < -0.39 is 0 Å². The minimum absolute atomic E-state index is 0.0104. The normalized spacial score (nSPS) is 20.8. The number of pyridine rings is 1. The SMILES string of the molecule is Cn1nccc1C(=O)N1CC[C@]2(C1)CN(C(=O)c1ccsc1)c1cccnc12. The highest BCUT2D eigenvalue weighted by Crippen LogP contribution is 2.45. The first kappa shape index (κ1) is 17.1. The average molecular weight is 393 g/mol. The van der Waals surface area contributed by atoms with Crippen LogP contribution in [0, 0.1) is 0 Å². The molecule has 1 fully saturated rings. The molecular weight excluding hydrogens is 374 g/mol. The Morgan fingerprint density at radius 2 is 2.04 bits per heavy atom. The van der Waals surface area contributed by atoms with E-state index in [-0.39, 0.29) is 17.2 Å². The third-order valence-electron chi connectivity index (χ3n) is 5.73. The van der Waals surface area contributed by atoms with Crippen LogP contribution in [0.2, 0.25) is 0 Å². The third kappa shape index (κ3) is 2.48. The number of hydrogen-bond acceptors (Lipinski definition) is 5. The molecule has 0 radical (unpaired) electrons. The number of aromatic nitrogens is 3. The van der Waals surface area contributed by atoms with Gasteiger partial charge in [0.1, 0.15) is 5.69 Å². The Morgan fingerprint density at radius 3 is 2.79 bits per heavy atom. The fraction of sp³-hybridized carbons (Fsp3) is 0.300. The molecule has 2 amide bonds. The van der Waals surface area contributed by atoms with E-state index in [1.54, 1.807) is 30.2 Å². The van der Waals surface area contributed by atoms with Gasteiger partial charge in [0, 0.05) is 44.5 Å². The topological polar surface area (TPSA) is 71.3 Å². The van der Waals surface area contributed by atoms with E-state index in [0.29, 0.717) is 30.9 Å². The molecule has 1 saturated heterocycles. The monoisotopic (exact) mass is 393 g/mol. The summed E-state index contributed by atoms with van der Waals surface area (Å²) in [6.07, 6.45) is 4.19. The zero-order valence-electron chi connectivity index (χ0n) is 15.4. The Bertz CT molecular complexity index is 1060. The minimum Gasteiger partial charge on any atom is -0.336 e. The molecule has 0 bridgehead atoms. The van der Waals surface area contributed by atoms with Gasteiger partial charge in [0.2, 0.25) is 0 Å². The van der Waals surface area contributed by atoms with Crippen LogP contribution in [0.3, 0.4) is 0 Å². The molecule has 1 atom stereocenters. The Kier molecular flexibility index (Phi) is 3.83. The molecule has 0 aromatic carbocycles. The van der Waals surface area contributed by atoms with Gasteiger partial charge in [-0.05, 0) is 36.1 Å². The number of thiophene rings is 1. The molecule has 1 spiro atoms. The summed E-state index contributed by atoms with van der Waals surface area (Å²) in [6.45, 7) is 1.73. The van der Waals surface area contributed by atoms with Crippen LogP contribution in [0.25, 0.3) is 0 Å². The van der Waals surface area contributed by atoms with Crippen LogP contribution in [-0.4, -0.2) is 51.1 Å². The predicted molar refractivity (Wildman–Crippen MR) is 106 cm³/mol. The van der Waals surface area contributed by atoms with E-state index in [4.69, 9.17) is 0 Å². The number of likely N-dealkylation sites (tertiary alicyclic amines) is 1. The quantitative estimate of drug-likeness (QED) is 0.670. The Labute approximate surface area is 166 Å². The number of hydrogen-bond donors (Lipinski definition) is 0. The Balaban J connectivity index is 1.47. The van der Waals surface area contributed by atoms with Gasteiger partial charge in [-0.1, -0.05) is 0 Å². The van der Waals surface area contributed by atoms with Crippen molar-refractivity contribution in [2.45, 2.75) is 11.8 Å². The number of aryl methyl sites for hydroxylation is 1. The highest BCUT2D eigenvalue weighted by Gasteiger charge is 2.51. The summed E-state index contributed by atoms with van der Waals surface area (Å²) in [6, 6.07) is 7.40. The molecule has 3 aromatic rings. The van der Waals surface area contributed by atoms with Crippen molar-refractivity contribution in [3.63, 3.8) is 0 Å². The molecule has 142 valence electrons. The molecular formula is C20H19N5O2S. The highest BCUT2D eigenvalue weighted by atomic mass is 32.1. The smallest absolute Gasteiger partial charge is 0.272 e. The Hall–Kier alpha value is -3.00. The van der Waals surface area contributed by atoms with Crippen molar-refractivity contribution in [3.8, 4) is 0 Å². The van der Waals surface area contributed by atoms with Gasteiger partial charge < -0.3 is 9.80 Å². The van der Waals surface area contributed by atoms with Crippen LogP contribution in [0.1, 0.15) is 33.0 Å². The molecule has 2 aliphatic rings. The van der Waals surface area contributed by atoms with Crippen LogP contribution in [0.15, 0.2) is 47.4 Å². The summed E-state index contributed by atoms with van der Waals surface area (Å²) in [7, 11) is 1.77. The van der Waals surface area contributed by atoms with Gasteiger partial charge >= 0.3 is 0 Å². The first-order valence-corrected chi connectivity index (χ1v) is 10.1. The summed E-state index contributed by atoms with van der Waals surface area (Å²) < 4.78 is 1.60. The second-order valence-electron chi connectivity index (χ2n) is 7.37. The number of amides is 2. The minimum atomic E-state index is -0.323. The lowest BCUT2D eigenvalue weighted by Gasteiger charge is -2.25. The summed E-state index contributed by atoms with van der Waals surface area (Å²) in [5.74, 6) is -0.0410. The zero-order chi connectivity index (χ0) is 19.3. The van der Waals surface area contributed by atoms with Crippen molar-refractivity contribution in [2.75, 3.05) is 24.5 Å². The molecule has 5 rings (SSSR count). The predicted octanol–water partition coefficient (Wildman–Crippen LogP) is 2.32. The van der Waals surface area contributed by atoms with Gasteiger partial charge in [0.15, 0.2) is 0 Å². The number of carbonyl (C=O) groups is 2. The zero-order valence-corrected chi connectivity index (χ0v) is 16.2. The molecule has 3 aromatic heterocycles. The second-order valence-corrected chi connectivity index (χ2v) is 8.15. The van der Waals surface area contributed by atoms with Crippen LogP contribution in [0.4, 0.5) is 5.69 Å². The number of rotatable bonds is 2. The van der Waals surface area contributed by atoms with E-state index >= 15 is 0 Å². The van der Waals surface area contributed by atoms with E-state index in [1.807, 2.05) is 38.8 Å². The lowest BCUT2D eigenvalue weighted by atomic mass is 9.85. The first-order valence-electron chi connectivity index (χ1n) is 9.16. The lowest BCUT2D eigenvalue weighted by Crippen LogP contribution is -2.40. The highest BCUT2D eigenvalue weighted by molar-refractivity contribution is 7.08. The van der Waals surface area contributed by atoms with Crippen molar-refractivity contribution in [1.29, 1.82) is 0 Å². The van der Waals surface area contributed by atoms with E-state index in [1.165, 1.54) is 11.3 Å². The molecule has 2 aliphatic heterocycles. The number of fused-ring (bicyclic) bond motifs is 2. The molecule has 0 unspecified atom stereocenters. The van der Waals surface area contributed by atoms with Crippen molar-refractivity contribution in [1.82, 2.24) is 19.7 Å². The lowest BCUT2D eigenvalue weighted by molar-refractivity contribution is 0.0773. The van der Waals surface area contributed by atoms with E-state index in [9.17, 15) is 9.59 Å². The summed E-state index contributed by atoms with van der Waals surface area (Å²) in [5.41, 5.74) is 2.71. The third-order valence-corrected chi connectivity index (χ3v) is 6.42. The van der Waals surface area contributed by atoms with Gasteiger partial charge in [0.05, 0.1) is 22.4 Å². The molecule has 28 heavy (non-hydrogen) atoms. The fourth-order valence-electron chi connectivity index (χ4n) is 4.32. The first-order chi connectivity index (χ1) is 13.6. The van der Waals surface area contributed by atoms with Crippen LogP contribution in [-0.2, 0) is 12.5 Å². The van der Waals surface area contributed by atoms with Gasteiger partial charge in [-0.15, -0.1) is 0 Å². The van der Waals surface area contributed by atoms with E-state index in [0.717, 1.165) is 17.8 Å². The molecule has 0 aliphatic carbocycles. The molecule has 0 saturated carbocycles. The number of carbonyl (C=O) groups excluding carboxylic acids is 2. The molecule has 7 nitrogen and oxygen atoms in total. The van der Waals surface area contributed by atoms with Crippen molar-refractivity contribution in [3.05, 3.63) is 64.4 Å². The largest absolute Gasteiger partial charge is 0.336 e. The summed E-state index contributed by atoms with van der Waals surface area (Å²) in [5, 5.41) is 7.88. The maximum Gasteiger partial charge on any atom is 0.272 e. The maximum atomic E-state index is 13.1. The van der Waals surface area contributed by atoms with Crippen LogP contribution in [0.5, 0.6) is 0 Å². The van der Waals surface area contributed by atoms with Gasteiger partial charge in [-0.25, -0.2) is 0 Å². The molecule has 0 N–H and O–H groups in total. The summed E-state index contributed by atoms with van der Waals surface area (Å²) in [4.78, 5) is 34.3. The van der Waals surface area contributed by atoms with Gasteiger partial charge in [0.25, 0.3) is 11.8 Å². The van der Waals surface area contributed by atoms with Crippen molar-refractivity contribution in [2.24, 2.45) is 7.05 Å². The maximum absolute atomic E-state index is 13.1. The van der Waals surface area contributed by atoms with Gasteiger partial charge in [-0.2, -0.15) is 16.4 Å². The van der Waals surface area contributed by atoms with Crippen molar-refractivity contribution >= 4 is 28.8 Å². The molecule has 8 heteroatoms. The van der Waals surface area contributed by atoms with E-state index in [2.05, 4.69) is 10.1 Å². The Morgan fingerprint density at radius 1 is 1.14 bits per heavy atom. The van der Waals surface area contributed by atoms with Crippen LogP contribution >= 0.6 is 11.3 Å². The number of nitrogens with zero attached hydrogens (tertiary/aromatic N) is 5. The van der Waals surface area contributed by atoms with Crippen LogP contribution < -0.4 is 4.90 Å².